The van der Waals surface area contributed by atoms with E-state index in [0.29, 0.717) is 25.7 Å². The molecule has 2 unspecified atom stereocenters. The van der Waals surface area contributed by atoms with Crippen molar-refractivity contribution < 1.29 is 14.6 Å². The molecule has 0 radical (unpaired) electrons. The Kier molecular flexibility index (Phi) is 7.52. The highest BCUT2D eigenvalue weighted by atomic mass is 79.9. The Balaban J connectivity index is 1.49. The number of β-amino-alcohol motifs (C(OH)–C–C–N with tert-alkyl or cyclic N) is 1. The van der Waals surface area contributed by atoms with Gasteiger partial charge in [0.1, 0.15) is 18.5 Å². The summed E-state index contributed by atoms with van der Waals surface area (Å²) in [5, 5.41) is 10.5. The van der Waals surface area contributed by atoms with E-state index in [1.807, 2.05) is 18.2 Å². The van der Waals surface area contributed by atoms with Crippen LogP contribution in [0.4, 0.5) is 0 Å². The molecule has 2 atom stereocenters. The van der Waals surface area contributed by atoms with E-state index < -0.39 is 6.10 Å². The molecule has 1 aliphatic rings. The minimum Gasteiger partial charge on any atom is -0.491 e. The SMILES string of the molecule is Cc1cc(OCC(O)CN2CCOC(c3ccc(Br)cc3)C2)ccc1C(C)C. The van der Waals surface area contributed by atoms with Crippen molar-refractivity contribution in [3.63, 3.8) is 0 Å². The van der Waals surface area contributed by atoms with Crippen molar-refractivity contribution in [3.05, 3.63) is 63.6 Å². The summed E-state index contributed by atoms with van der Waals surface area (Å²) in [5.74, 6) is 1.32. The molecule has 1 aliphatic heterocycles. The van der Waals surface area contributed by atoms with Crippen LogP contribution in [0, 0.1) is 6.92 Å². The van der Waals surface area contributed by atoms with Crippen LogP contribution in [0.3, 0.4) is 0 Å². The lowest BCUT2D eigenvalue weighted by Crippen LogP contribution is -2.43. The molecule has 0 bridgehead atoms. The van der Waals surface area contributed by atoms with Crippen LogP contribution in [-0.2, 0) is 4.74 Å². The maximum atomic E-state index is 10.5. The Morgan fingerprint density at radius 1 is 1.21 bits per heavy atom. The summed E-state index contributed by atoms with van der Waals surface area (Å²) in [6.45, 7) is 9.64. The van der Waals surface area contributed by atoms with Gasteiger partial charge < -0.3 is 14.6 Å². The van der Waals surface area contributed by atoms with Crippen molar-refractivity contribution in [1.82, 2.24) is 4.90 Å². The molecular formula is C23H30BrNO3. The van der Waals surface area contributed by atoms with Gasteiger partial charge in [-0.2, -0.15) is 0 Å². The minimum atomic E-state index is -0.534. The number of ether oxygens (including phenoxy) is 2. The summed E-state index contributed by atoms with van der Waals surface area (Å²) in [6.07, 6.45) is -0.491. The van der Waals surface area contributed by atoms with Gasteiger partial charge in [-0.1, -0.05) is 48.0 Å². The number of aliphatic hydroxyl groups excluding tert-OH is 1. The van der Waals surface area contributed by atoms with Gasteiger partial charge in [-0.05, 0) is 53.8 Å². The van der Waals surface area contributed by atoms with Gasteiger partial charge in [0, 0.05) is 24.1 Å². The lowest BCUT2D eigenvalue weighted by Gasteiger charge is -2.34. The molecule has 3 rings (SSSR count). The van der Waals surface area contributed by atoms with Crippen LogP contribution in [0.1, 0.15) is 42.6 Å². The number of hydrogen-bond donors (Lipinski definition) is 1. The number of morpholine rings is 1. The summed E-state index contributed by atoms with van der Waals surface area (Å²) in [5.41, 5.74) is 3.73. The second-order valence-corrected chi connectivity index (χ2v) is 8.72. The van der Waals surface area contributed by atoms with Crippen LogP contribution in [0.15, 0.2) is 46.9 Å². The van der Waals surface area contributed by atoms with E-state index in [1.165, 1.54) is 16.7 Å². The highest BCUT2D eigenvalue weighted by molar-refractivity contribution is 9.10. The second-order valence-electron chi connectivity index (χ2n) is 7.81. The van der Waals surface area contributed by atoms with Gasteiger partial charge in [-0.25, -0.2) is 0 Å². The fraction of sp³-hybridized carbons (Fsp3) is 0.478. The molecule has 0 aliphatic carbocycles. The summed E-state index contributed by atoms with van der Waals surface area (Å²) < 4.78 is 12.8. The standard InChI is InChI=1S/C23H30BrNO3/c1-16(2)22-9-8-21(12-17(22)3)28-15-20(26)13-25-10-11-27-23(14-25)18-4-6-19(24)7-5-18/h4-9,12,16,20,23,26H,10-11,13-15H2,1-3H3. The third-order valence-corrected chi connectivity index (χ3v) is 5.70. The van der Waals surface area contributed by atoms with Crippen molar-refractivity contribution in [2.75, 3.05) is 32.8 Å². The lowest BCUT2D eigenvalue weighted by atomic mass is 9.98. The largest absolute Gasteiger partial charge is 0.491 e. The van der Waals surface area contributed by atoms with E-state index in [2.05, 4.69) is 65.9 Å². The molecule has 4 nitrogen and oxygen atoms in total. The van der Waals surface area contributed by atoms with Crippen LogP contribution in [0.5, 0.6) is 5.75 Å². The van der Waals surface area contributed by atoms with Crippen molar-refractivity contribution in [1.29, 1.82) is 0 Å². The van der Waals surface area contributed by atoms with E-state index in [9.17, 15) is 5.11 Å². The first-order chi connectivity index (χ1) is 13.4. The van der Waals surface area contributed by atoms with Crippen LogP contribution in [-0.4, -0.2) is 49.0 Å². The topological polar surface area (TPSA) is 41.9 Å². The van der Waals surface area contributed by atoms with E-state index in [0.717, 1.165) is 23.3 Å². The van der Waals surface area contributed by atoms with E-state index in [-0.39, 0.29) is 6.10 Å². The van der Waals surface area contributed by atoms with Gasteiger partial charge in [-0.3, -0.25) is 4.90 Å². The Labute approximate surface area is 176 Å². The maximum absolute atomic E-state index is 10.5. The summed E-state index contributed by atoms with van der Waals surface area (Å²) in [6, 6.07) is 14.4. The monoisotopic (exact) mass is 447 g/mol. The maximum Gasteiger partial charge on any atom is 0.119 e. The summed E-state index contributed by atoms with van der Waals surface area (Å²) >= 11 is 3.47. The van der Waals surface area contributed by atoms with Crippen LogP contribution in [0.25, 0.3) is 0 Å². The van der Waals surface area contributed by atoms with E-state index >= 15 is 0 Å². The molecule has 1 heterocycles. The van der Waals surface area contributed by atoms with Gasteiger partial charge in [0.15, 0.2) is 0 Å². The molecule has 1 fully saturated rings. The molecular weight excluding hydrogens is 418 g/mol. The Morgan fingerprint density at radius 2 is 1.96 bits per heavy atom. The third kappa shape index (κ3) is 5.80. The molecule has 152 valence electrons. The average Bonchev–Trinajstić information content (AvgIpc) is 2.67. The molecule has 5 heteroatoms. The fourth-order valence-corrected chi connectivity index (χ4v) is 3.94. The Hall–Kier alpha value is -1.40. The molecule has 0 spiro atoms. The molecule has 0 aromatic heterocycles. The number of rotatable bonds is 7. The average molecular weight is 448 g/mol. The number of aryl methyl sites for hydroxylation is 1. The minimum absolute atomic E-state index is 0.0428. The lowest BCUT2D eigenvalue weighted by molar-refractivity contribution is -0.0459. The molecule has 0 amide bonds. The normalized spacial score (nSPS) is 19.0. The van der Waals surface area contributed by atoms with Gasteiger partial charge >= 0.3 is 0 Å². The number of halogens is 1. The van der Waals surface area contributed by atoms with Crippen molar-refractivity contribution in [2.45, 2.75) is 38.9 Å². The quantitative estimate of drug-likeness (QED) is 0.667. The molecule has 1 N–H and O–H groups in total. The van der Waals surface area contributed by atoms with Crippen molar-refractivity contribution in [3.8, 4) is 5.75 Å². The van der Waals surface area contributed by atoms with Gasteiger partial charge in [0.2, 0.25) is 0 Å². The number of nitrogens with zero attached hydrogens (tertiary/aromatic N) is 1. The third-order valence-electron chi connectivity index (χ3n) is 5.17. The number of aliphatic hydroxyl groups is 1. The highest BCUT2D eigenvalue weighted by Crippen LogP contribution is 2.25. The molecule has 0 saturated carbocycles. The highest BCUT2D eigenvalue weighted by Gasteiger charge is 2.23. The molecule has 2 aromatic rings. The first-order valence-electron chi connectivity index (χ1n) is 9.93. The van der Waals surface area contributed by atoms with Gasteiger partial charge in [-0.15, -0.1) is 0 Å². The Morgan fingerprint density at radius 3 is 2.64 bits per heavy atom. The predicted octanol–water partition coefficient (Wildman–Crippen LogP) is 4.69. The zero-order valence-corrected chi connectivity index (χ0v) is 18.5. The van der Waals surface area contributed by atoms with Crippen molar-refractivity contribution in [2.24, 2.45) is 0 Å². The second kappa shape index (κ2) is 9.88. The number of hydrogen-bond acceptors (Lipinski definition) is 4. The first kappa shape index (κ1) is 21.3. The zero-order chi connectivity index (χ0) is 20.1. The Bertz CT molecular complexity index is 763. The summed E-state index contributed by atoms with van der Waals surface area (Å²) in [7, 11) is 0. The van der Waals surface area contributed by atoms with E-state index in [4.69, 9.17) is 9.47 Å². The van der Waals surface area contributed by atoms with Gasteiger partial charge in [0.05, 0.1) is 12.7 Å². The van der Waals surface area contributed by atoms with Crippen molar-refractivity contribution >= 4 is 15.9 Å². The van der Waals surface area contributed by atoms with Gasteiger partial charge in [0.25, 0.3) is 0 Å². The summed E-state index contributed by atoms with van der Waals surface area (Å²) in [4.78, 5) is 2.25. The number of benzene rings is 2. The van der Waals surface area contributed by atoms with Crippen LogP contribution in [0.2, 0.25) is 0 Å². The van der Waals surface area contributed by atoms with E-state index in [1.54, 1.807) is 0 Å². The fourth-order valence-electron chi connectivity index (χ4n) is 3.68. The predicted molar refractivity (Wildman–Crippen MR) is 116 cm³/mol. The first-order valence-corrected chi connectivity index (χ1v) is 10.7. The zero-order valence-electron chi connectivity index (χ0n) is 16.9. The molecule has 28 heavy (non-hydrogen) atoms. The van der Waals surface area contributed by atoms with Crippen LogP contribution >= 0.6 is 15.9 Å². The molecule has 2 aromatic carbocycles. The smallest absolute Gasteiger partial charge is 0.119 e. The van der Waals surface area contributed by atoms with Crippen LogP contribution < -0.4 is 4.74 Å². The molecule has 1 saturated heterocycles.